The highest BCUT2D eigenvalue weighted by Crippen LogP contribution is 2.33. The van der Waals surface area contributed by atoms with Crippen LogP contribution in [0.25, 0.3) is 10.4 Å². The van der Waals surface area contributed by atoms with Gasteiger partial charge in [0, 0.05) is 27.7 Å². The average Bonchev–Trinajstić information content (AvgIpc) is 3.21. The van der Waals surface area contributed by atoms with E-state index < -0.39 is 37.9 Å². The highest BCUT2D eigenvalue weighted by molar-refractivity contribution is 7.33. The lowest BCUT2D eigenvalue weighted by molar-refractivity contribution is -0.0235. The summed E-state index contributed by atoms with van der Waals surface area (Å²) in [6.07, 6.45) is 12.2. The summed E-state index contributed by atoms with van der Waals surface area (Å²) in [5.41, 5.74) is 8.11. The van der Waals surface area contributed by atoms with Gasteiger partial charge in [0.1, 0.15) is 19.4 Å². The van der Waals surface area contributed by atoms with Crippen molar-refractivity contribution in [1.82, 2.24) is 9.55 Å². The number of unbranched alkanes of at least 4 members (excludes halogenated alkanes) is 9. The van der Waals surface area contributed by atoms with Crippen molar-refractivity contribution in [2.24, 2.45) is 5.11 Å². The molecule has 0 saturated carbocycles. The fraction of sp³-hybridized carbons (Fsp3) is 0.818. The highest BCUT2D eigenvalue weighted by atomic mass is 31.1. The smallest absolute Gasteiger partial charge is 0.352 e. The Morgan fingerprint density at radius 2 is 1.79 bits per heavy atom. The van der Waals surface area contributed by atoms with E-state index in [4.69, 9.17) is 19.3 Å². The van der Waals surface area contributed by atoms with Gasteiger partial charge in [0.15, 0.2) is 0 Å². The first kappa shape index (κ1) is 28.2. The van der Waals surface area contributed by atoms with Crippen LogP contribution in [0, 0.1) is 6.92 Å². The van der Waals surface area contributed by atoms with E-state index in [-0.39, 0.29) is 13.0 Å². The number of nitrogens with one attached hydrogen (secondary N) is 1. The number of azide groups is 1. The molecule has 2 heterocycles. The first-order valence-corrected chi connectivity index (χ1v) is 13.3. The number of aromatic nitrogens is 2. The summed E-state index contributed by atoms with van der Waals surface area (Å²) in [4.78, 5) is 28.8. The minimum Gasteiger partial charge on any atom is -0.352 e. The van der Waals surface area contributed by atoms with E-state index in [1.807, 2.05) is 0 Å². The second-order valence-corrected chi connectivity index (χ2v) is 9.61. The van der Waals surface area contributed by atoms with Gasteiger partial charge in [-0.15, -0.1) is 9.05 Å². The molecular formula is C22H37N5O6P+. The van der Waals surface area contributed by atoms with Crippen LogP contribution >= 0.6 is 8.25 Å². The number of hydrogen-bond donors (Lipinski definition) is 1. The predicted octanol–water partition coefficient (Wildman–Crippen LogP) is 5.42. The molecule has 1 aliphatic heterocycles. The number of ether oxygens (including phenoxy) is 1. The fourth-order valence-electron chi connectivity index (χ4n) is 3.92. The number of aryl methyl sites for hydroxylation is 1. The molecule has 0 amide bonds. The maximum Gasteiger partial charge on any atom is 0.697 e. The number of H-pyrrole nitrogens is 1. The van der Waals surface area contributed by atoms with Crippen LogP contribution in [-0.2, 0) is 18.3 Å². The molecule has 1 aliphatic rings. The zero-order valence-corrected chi connectivity index (χ0v) is 21.1. The molecule has 1 saturated heterocycles. The first-order chi connectivity index (χ1) is 16.5. The second kappa shape index (κ2) is 15.8. The quantitative estimate of drug-likeness (QED) is 0.0996. The number of nitrogens with zero attached hydrogens (tertiary/aromatic N) is 4. The van der Waals surface area contributed by atoms with Gasteiger partial charge in [0.2, 0.25) is 0 Å². The van der Waals surface area contributed by atoms with Crippen LogP contribution < -0.4 is 11.2 Å². The molecule has 0 spiro atoms. The molecule has 12 heteroatoms. The summed E-state index contributed by atoms with van der Waals surface area (Å²) in [5.74, 6) is 0. The van der Waals surface area contributed by atoms with Crippen LogP contribution in [0.3, 0.4) is 0 Å². The Morgan fingerprint density at radius 3 is 2.44 bits per heavy atom. The zero-order valence-electron chi connectivity index (χ0n) is 20.2. The van der Waals surface area contributed by atoms with Crippen molar-refractivity contribution >= 4 is 8.25 Å². The standard InChI is InChI=1S/C22H36N5O6P/c1-3-4-5-6-7-8-9-10-11-12-13-31-34(30)32-16-19-18(25-26-23)14-20(33-19)27-15-17(2)21(28)24-22(27)29/h15,18-20H,3-14,16H2,1-2H3/p+1/t18-,19+,20+/m0/s1. The minimum atomic E-state index is -2.33. The third-order valence-corrected chi connectivity index (χ3v) is 6.65. The summed E-state index contributed by atoms with van der Waals surface area (Å²) < 4.78 is 29.7. The normalized spacial score (nSPS) is 20.3. The minimum absolute atomic E-state index is 0.107. The van der Waals surface area contributed by atoms with Gasteiger partial charge in [-0.05, 0) is 18.9 Å². The molecule has 1 aromatic heterocycles. The van der Waals surface area contributed by atoms with Gasteiger partial charge in [-0.1, -0.05) is 69.8 Å². The second-order valence-electron chi connectivity index (χ2n) is 8.65. The lowest BCUT2D eigenvalue weighted by Crippen LogP contribution is -2.33. The van der Waals surface area contributed by atoms with Crippen LogP contribution in [0.5, 0.6) is 0 Å². The van der Waals surface area contributed by atoms with Gasteiger partial charge in [0.25, 0.3) is 5.56 Å². The molecule has 1 unspecified atom stereocenters. The van der Waals surface area contributed by atoms with Gasteiger partial charge in [0.05, 0.1) is 12.1 Å². The Labute approximate surface area is 200 Å². The molecule has 11 nitrogen and oxygen atoms in total. The van der Waals surface area contributed by atoms with Crippen molar-refractivity contribution in [3.05, 3.63) is 43.0 Å². The van der Waals surface area contributed by atoms with E-state index in [1.54, 1.807) is 6.92 Å². The van der Waals surface area contributed by atoms with Crippen LogP contribution in [0.1, 0.15) is 89.3 Å². The summed E-state index contributed by atoms with van der Waals surface area (Å²) in [7, 11) is -2.33. The maximum absolute atomic E-state index is 12.1. The van der Waals surface area contributed by atoms with E-state index in [0.717, 1.165) is 19.3 Å². The number of hydrogen-bond acceptors (Lipinski definition) is 7. The first-order valence-electron chi connectivity index (χ1n) is 12.2. The Kier molecular flexibility index (Phi) is 13.1. The van der Waals surface area contributed by atoms with Crippen LogP contribution in [0.2, 0.25) is 0 Å². The van der Waals surface area contributed by atoms with Gasteiger partial charge >= 0.3 is 13.9 Å². The Bertz CT molecular complexity index is 929. The van der Waals surface area contributed by atoms with Crippen molar-refractivity contribution < 1.29 is 18.3 Å². The van der Waals surface area contributed by atoms with Crippen molar-refractivity contribution in [2.75, 3.05) is 13.2 Å². The van der Waals surface area contributed by atoms with E-state index in [9.17, 15) is 14.2 Å². The Hall–Kier alpha value is -2.03. The molecular weight excluding hydrogens is 461 g/mol. The SMILES string of the molecule is CCCCCCCCCCCCO[P+](=O)OC[C@H]1O[C@@H](n2cc(C)c(=O)[nH]c2=O)C[C@@H]1N=[N+]=[N-]. The lowest BCUT2D eigenvalue weighted by Gasteiger charge is -2.14. The number of rotatable bonds is 17. The van der Waals surface area contributed by atoms with Crippen molar-refractivity contribution in [3.8, 4) is 0 Å². The van der Waals surface area contributed by atoms with Crippen molar-refractivity contribution in [2.45, 2.75) is 103 Å². The molecule has 0 aromatic carbocycles. The van der Waals surface area contributed by atoms with E-state index in [2.05, 4.69) is 21.9 Å². The average molecular weight is 499 g/mol. The molecule has 1 N–H and O–H groups in total. The number of aromatic amines is 1. The lowest BCUT2D eigenvalue weighted by atomic mass is 10.1. The van der Waals surface area contributed by atoms with E-state index in [0.29, 0.717) is 12.2 Å². The Morgan fingerprint density at radius 1 is 1.15 bits per heavy atom. The largest absolute Gasteiger partial charge is 0.697 e. The molecule has 0 radical (unpaired) electrons. The summed E-state index contributed by atoms with van der Waals surface area (Å²) in [6, 6.07) is -0.612. The molecule has 1 fully saturated rings. The third-order valence-electron chi connectivity index (χ3n) is 5.90. The topological polar surface area (TPSA) is 148 Å². The molecule has 34 heavy (non-hydrogen) atoms. The van der Waals surface area contributed by atoms with E-state index in [1.165, 1.54) is 55.7 Å². The van der Waals surface area contributed by atoms with Gasteiger partial charge < -0.3 is 4.74 Å². The zero-order chi connectivity index (χ0) is 24.8. The summed E-state index contributed by atoms with van der Waals surface area (Å²) in [6.45, 7) is 4.04. The van der Waals surface area contributed by atoms with Crippen LogP contribution in [0.4, 0.5) is 0 Å². The maximum atomic E-state index is 12.1. The molecule has 0 bridgehead atoms. The third kappa shape index (κ3) is 9.68. The van der Waals surface area contributed by atoms with Gasteiger partial charge in [-0.3, -0.25) is 14.3 Å². The van der Waals surface area contributed by atoms with E-state index >= 15 is 0 Å². The molecule has 2 rings (SSSR count). The monoisotopic (exact) mass is 498 g/mol. The summed E-state index contributed by atoms with van der Waals surface area (Å²) >= 11 is 0. The fourth-order valence-corrected chi connectivity index (χ4v) is 4.55. The van der Waals surface area contributed by atoms with Crippen molar-refractivity contribution in [1.29, 1.82) is 0 Å². The van der Waals surface area contributed by atoms with Crippen LogP contribution in [-0.4, -0.2) is 34.9 Å². The highest BCUT2D eigenvalue weighted by Gasteiger charge is 2.38. The van der Waals surface area contributed by atoms with Crippen LogP contribution in [0.15, 0.2) is 20.9 Å². The molecule has 4 atom stereocenters. The summed E-state index contributed by atoms with van der Waals surface area (Å²) in [5, 5.41) is 3.71. The van der Waals surface area contributed by atoms with Gasteiger partial charge in [-0.2, -0.15) is 0 Å². The van der Waals surface area contributed by atoms with Crippen molar-refractivity contribution in [3.63, 3.8) is 0 Å². The Balaban J connectivity index is 1.67. The predicted molar refractivity (Wildman–Crippen MR) is 129 cm³/mol. The molecule has 0 aliphatic carbocycles. The molecule has 1 aromatic rings. The van der Waals surface area contributed by atoms with Gasteiger partial charge in [-0.25, -0.2) is 4.79 Å². The molecule has 190 valence electrons.